The Morgan fingerprint density at radius 3 is 1.53 bits per heavy atom. The minimum Gasteiger partial charge on any atom is -0.381 e. The molecule has 0 heterocycles. The summed E-state index contributed by atoms with van der Waals surface area (Å²) in [6.45, 7) is 11.1. The van der Waals surface area contributed by atoms with Crippen LogP contribution < -0.4 is 0 Å². The molecule has 1 nitrogen and oxygen atoms in total. The summed E-state index contributed by atoms with van der Waals surface area (Å²) in [6.07, 6.45) is 9.23. The molecule has 0 N–H and O–H groups in total. The third-order valence-electron chi connectivity index (χ3n) is 2.89. The van der Waals surface area contributed by atoms with E-state index in [2.05, 4.69) is 27.7 Å². The summed E-state index contributed by atoms with van der Waals surface area (Å²) in [5, 5.41) is 0. The highest BCUT2D eigenvalue weighted by Crippen LogP contribution is 2.09. The highest BCUT2D eigenvalue weighted by molar-refractivity contribution is 4.48. The second-order valence-corrected chi connectivity index (χ2v) is 5.75. The molecule has 0 aromatic heterocycles. The number of hydrogen-bond acceptors (Lipinski definition) is 1. The van der Waals surface area contributed by atoms with E-state index in [4.69, 9.17) is 4.74 Å². The van der Waals surface area contributed by atoms with Gasteiger partial charge < -0.3 is 4.74 Å². The van der Waals surface area contributed by atoms with Crippen molar-refractivity contribution in [3.63, 3.8) is 0 Å². The second-order valence-electron chi connectivity index (χ2n) is 5.75. The van der Waals surface area contributed by atoms with Crippen LogP contribution in [0, 0.1) is 11.8 Å². The van der Waals surface area contributed by atoms with E-state index in [-0.39, 0.29) is 7.43 Å². The number of ether oxygens (including phenoxy) is 1. The van der Waals surface area contributed by atoms with Gasteiger partial charge in [0.05, 0.1) is 0 Å². The molecule has 0 fully saturated rings. The van der Waals surface area contributed by atoms with Crippen LogP contribution in [-0.2, 0) is 4.74 Å². The Kier molecular flexibility index (Phi) is 15.9. The summed E-state index contributed by atoms with van der Waals surface area (Å²) in [4.78, 5) is 0. The van der Waals surface area contributed by atoms with Crippen molar-refractivity contribution in [3.05, 3.63) is 0 Å². The smallest absolute Gasteiger partial charge is 0.0466 e. The summed E-state index contributed by atoms with van der Waals surface area (Å²) >= 11 is 0. The van der Waals surface area contributed by atoms with E-state index >= 15 is 0 Å². The van der Waals surface area contributed by atoms with Gasteiger partial charge in [0.2, 0.25) is 0 Å². The van der Waals surface area contributed by atoms with Crippen molar-refractivity contribution in [2.45, 2.75) is 80.1 Å². The van der Waals surface area contributed by atoms with Gasteiger partial charge >= 0.3 is 0 Å². The van der Waals surface area contributed by atoms with Crippen LogP contribution in [0.5, 0.6) is 0 Å². The molecular formula is C16H36O. The van der Waals surface area contributed by atoms with Crippen LogP contribution in [0.2, 0.25) is 0 Å². The van der Waals surface area contributed by atoms with Crippen LogP contribution in [0.15, 0.2) is 0 Å². The zero-order chi connectivity index (χ0) is 12.2. The molecule has 0 rings (SSSR count). The van der Waals surface area contributed by atoms with Gasteiger partial charge in [-0.3, -0.25) is 0 Å². The van der Waals surface area contributed by atoms with Crippen molar-refractivity contribution in [2.75, 3.05) is 13.2 Å². The van der Waals surface area contributed by atoms with E-state index < -0.39 is 0 Å². The first-order valence-electron chi connectivity index (χ1n) is 7.20. The molecule has 0 unspecified atom stereocenters. The first-order valence-corrected chi connectivity index (χ1v) is 7.20. The molecule has 106 valence electrons. The molecule has 0 aromatic rings. The van der Waals surface area contributed by atoms with Gasteiger partial charge in [-0.1, -0.05) is 67.2 Å². The van der Waals surface area contributed by atoms with E-state index in [1.54, 1.807) is 0 Å². The molecule has 0 spiro atoms. The molecule has 0 aromatic carbocycles. The topological polar surface area (TPSA) is 9.23 Å². The SMILES string of the molecule is C.CC(C)CCCCCOCCCCC(C)C. The van der Waals surface area contributed by atoms with Crippen molar-refractivity contribution >= 4 is 0 Å². The van der Waals surface area contributed by atoms with E-state index in [9.17, 15) is 0 Å². The minimum absolute atomic E-state index is 0. The second kappa shape index (κ2) is 14.0. The van der Waals surface area contributed by atoms with Crippen LogP contribution in [0.3, 0.4) is 0 Å². The monoisotopic (exact) mass is 244 g/mol. The molecule has 0 saturated heterocycles. The molecule has 0 aliphatic rings. The van der Waals surface area contributed by atoms with Gasteiger partial charge in [0.15, 0.2) is 0 Å². The first-order chi connectivity index (χ1) is 7.63. The Hall–Kier alpha value is -0.0400. The fraction of sp³-hybridized carbons (Fsp3) is 1.00. The molecule has 0 aliphatic heterocycles. The first kappa shape index (κ1) is 19.3. The highest BCUT2D eigenvalue weighted by atomic mass is 16.5. The Bertz CT molecular complexity index is 113. The third-order valence-corrected chi connectivity index (χ3v) is 2.89. The molecule has 0 amide bonds. The van der Waals surface area contributed by atoms with Crippen LogP contribution in [0.25, 0.3) is 0 Å². The lowest BCUT2D eigenvalue weighted by Gasteiger charge is -2.06. The fourth-order valence-corrected chi connectivity index (χ4v) is 1.79. The van der Waals surface area contributed by atoms with Crippen LogP contribution in [0.4, 0.5) is 0 Å². The van der Waals surface area contributed by atoms with Gasteiger partial charge in [-0.2, -0.15) is 0 Å². The maximum atomic E-state index is 5.62. The summed E-state index contributed by atoms with van der Waals surface area (Å²) < 4.78 is 5.62. The summed E-state index contributed by atoms with van der Waals surface area (Å²) in [6, 6.07) is 0. The van der Waals surface area contributed by atoms with Crippen LogP contribution in [0.1, 0.15) is 80.1 Å². The number of rotatable bonds is 11. The Morgan fingerprint density at radius 1 is 0.647 bits per heavy atom. The van der Waals surface area contributed by atoms with E-state index in [1.807, 2.05) is 0 Å². The van der Waals surface area contributed by atoms with Gasteiger partial charge in [-0.05, 0) is 24.7 Å². The van der Waals surface area contributed by atoms with Gasteiger partial charge in [-0.15, -0.1) is 0 Å². The van der Waals surface area contributed by atoms with Crippen LogP contribution in [-0.4, -0.2) is 13.2 Å². The lowest BCUT2D eigenvalue weighted by Crippen LogP contribution is -1.98. The standard InChI is InChI=1S/C15H32O.CH4/c1-14(2)10-6-5-8-12-16-13-9-7-11-15(3)4;/h14-15H,5-13H2,1-4H3;1H4. The molecular weight excluding hydrogens is 208 g/mol. The van der Waals surface area contributed by atoms with Crippen molar-refractivity contribution in [2.24, 2.45) is 11.8 Å². The van der Waals surface area contributed by atoms with Gasteiger partial charge in [0, 0.05) is 13.2 Å². The van der Waals surface area contributed by atoms with E-state index in [0.29, 0.717) is 0 Å². The van der Waals surface area contributed by atoms with E-state index in [0.717, 1.165) is 25.0 Å². The molecule has 0 aliphatic carbocycles. The van der Waals surface area contributed by atoms with Crippen molar-refractivity contribution in [3.8, 4) is 0 Å². The normalized spacial score (nSPS) is 10.9. The van der Waals surface area contributed by atoms with Gasteiger partial charge in [0.25, 0.3) is 0 Å². The minimum atomic E-state index is 0. The number of hydrogen-bond donors (Lipinski definition) is 0. The van der Waals surface area contributed by atoms with Gasteiger partial charge in [0.1, 0.15) is 0 Å². The molecule has 1 heteroatoms. The predicted octanol–water partition coefficient (Wildman–Crippen LogP) is 5.68. The van der Waals surface area contributed by atoms with Crippen molar-refractivity contribution in [1.29, 1.82) is 0 Å². The Labute approximate surface area is 110 Å². The average Bonchev–Trinajstić information content (AvgIpc) is 2.20. The highest BCUT2D eigenvalue weighted by Gasteiger charge is 1.96. The Balaban J connectivity index is 0. The number of unbranched alkanes of at least 4 members (excludes halogenated alkanes) is 3. The summed E-state index contributed by atoms with van der Waals surface area (Å²) in [7, 11) is 0. The van der Waals surface area contributed by atoms with Crippen LogP contribution >= 0.6 is 0 Å². The largest absolute Gasteiger partial charge is 0.381 e. The lowest BCUT2D eigenvalue weighted by atomic mass is 10.1. The van der Waals surface area contributed by atoms with Gasteiger partial charge in [-0.25, -0.2) is 0 Å². The molecule has 0 bridgehead atoms. The van der Waals surface area contributed by atoms with Crippen molar-refractivity contribution < 1.29 is 4.74 Å². The maximum Gasteiger partial charge on any atom is 0.0466 e. The summed E-state index contributed by atoms with van der Waals surface area (Å²) in [5.74, 6) is 1.70. The quantitative estimate of drug-likeness (QED) is 0.425. The molecule has 17 heavy (non-hydrogen) atoms. The Morgan fingerprint density at radius 2 is 1.06 bits per heavy atom. The molecule has 0 atom stereocenters. The van der Waals surface area contributed by atoms with E-state index in [1.165, 1.54) is 44.9 Å². The summed E-state index contributed by atoms with van der Waals surface area (Å²) in [5.41, 5.74) is 0. The zero-order valence-corrected chi connectivity index (χ0v) is 11.9. The average molecular weight is 244 g/mol. The maximum absolute atomic E-state index is 5.62. The fourth-order valence-electron chi connectivity index (χ4n) is 1.79. The molecule has 0 saturated carbocycles. The third kappa shape index (κ3) is 18.5. The lowest BCUT2D eigenvalue weighted by molar-refractivity contribution is 0.125. The zero-order valence-electron chi connectivity index (χ0n) is 11.9. The molecule has 0 radical (unpaired) electrons. The van der Waals surface area contributed by atoms with Crippen molar-refractivity contribution in [1.82, 2.24) is 0 Å². The predicted molar refractivity (Wildman–Crippen MR) is 79.5 cm³/mol.